The minimum absolute atomic E-state index is 0.115. The Balaban J connectivity index is 2.07. The Labute approximate surface area is 252 Å². The molecule has 0 saturated carbocycles. The predicted molar refractivity (Wildman–Crippen MR) is 174 cm³/mol. The van der Waals surface area contributed by atoms with Crippen molar-refractivity contribution in [2.75, 3.05) is 13.2 Å². The van der Waals surface area contributed by atoms with Crippen molar-refractivity contribution in [2.24, 2.45) is 11.8 Å². The molecule has 0 N–H and O–H groups in total. The van der Waals surface area contributed by atoms with Crippen molar-refractivity contribution in [2.45, 2.75) is 136 Å². The summed E-state index contributed by atoms with van der Waals surface area (Å²) in [6.07, 6.45) is 20.4. The van der Waals surface area contributed by atoms with E-state index in [4.69, 9.17) is 9.47 Å². The molecule has 0 fully saturated rings. The maximum absolute atomic E-state index is 14.2. The zero-order valence-corrected chi connectivity index (χ0v) is 26.9. The minimum atomic E-state index is -1.44. The summed E-state index contributed by atoms with van der Waals surface area (Å²) in [6, 6.07) is 19.4. The van der Waals surface area contributed by atoms with Crippen molar-refractivity contribution in [3.8, 4) is 0 Å². The first-order valence-corrected chi connectivity index (χ1v) is 17.0. The van der Waals surface area contributed by atoms with E-state index in [0.29, 0.717) is 30.6 Å². The number of carbonyl (C=O) groups is 1. The number of benzene rings is 2. The largest absolute Gasteiger partial charge is 0.339 e. The minimum Gasteiger partial charge on any atom is -0.339 e. The topological polar surface area (TPSA) is 35.5 Å². The molecule has 0 spiro atoms. The lowest BCUT2D eigenvalue weighted by Crippen LogP contribution is -2.43. The monoisotopic (exact) mass is 564 g/mol. The lowest BCUT2D eigenvalue weighted by atomic mass is 9.94. The molecule has 0 aliphatic rings. The van der Waals surface area contributed by atoms with Gasteiger partial charge in [-0.3, -0.25) is 4.79 Å². The van der Waals surface area contributed by atoms with Gasteiger partial charge in [0.2, 0.25) is 5.78 Å². The van der Waals surface area contributed by atoms with Gasteiger partial charge in [-0.05, 0) is 24.7 Å². The van der Waals surface area contributed by atoms with E-state index >= 15 is 0 Å². The first kappa shape index (κ1) is 35.2. The van der Waals surface area contributed by atoms with Gasteiger partial charge in [0.15, 0.2) is 0 Å². The highest BCUT2D eigenvalue weighted by Crippen LogP contribution is 2.34. The van der Waals surface area contributed by atoms with Gasteiger partial charge in [0.05, 0.1) is 13.2 Å². The van der Waals surface area contributed by atoms with E-state index in [9.17, 15) is 4.79 Å². The van der Waals surface area contributed by atoms with Crippen LogP contribution in [0.3, 0.4) is 0 Å². The molecule has 0 amide bonds. The fourth-order valence-electron chi connectivity index (χ4n) is 5.49. The molecule has 41 heavy (non-hydrogen) atoms. The van der Waals surface area contributed by atoms with Crippen molar-refractivity contribution in [3.05, 3.63) is 71.8 Å². The van der Waals surface area contributed by atoms with Crippen LogP contribution in [0, 0.1) is 11.8 Å². The first-order chi connectivity index (χ1) is 20.0. The standard InChI is InChI=1S/C38H60O3/c1-5-7-9-11-13-15-19-25-33(3)31-40-38(36-29-23-18-24-30-36,37(39)35-27-21-17-22-28-35)41-32-34(4)26-20-16-14-12-10-8-6-2/h17-18,21-24,27-30,33-34H,5-16,19-20,25-26,31-32H2,1-4H3. The fourth-order valence-corrected chi connectivity index (χ4v) is 5.49. The summed E-state index contributed by atoms with van der Waals surface area (Å²) in [4.78, 5) is 14.2. The highest BCUT2D eigenvalue weighted by molar-refractivity contribution is 6.02. The van der Waals surface area contributed by atoms with Gasteiger partial charge >= 0.3 is 0 Å². The summed E-state index contributed by atoms with van der Waals surface area (Å²) in [5, 5.41) is 0. The second-order valence-electron chi connectivity index (χ2n) is 12.3. The summed E-state index contributed by atoms with van der Waals surface area (Å²) in [5.41, 5.74) is 1.40. The van der Waals surface area contributed by atoms with Gasteiger partial charge in [-0.25, -0.2) is 0 Å². The maximum Gasteiger partial charge on any atom is 0.261 e. The van der Waals surface area contributed by atoms with Crippen LogP contribution in [0.5, 0.6) is 0 Å². The Morgan fingerprint density at radius 1 is 0.585 bits per heavy atom. The van der Waals surface area contributed by atoms with Crippen molar-refractivity contribution in [3.63, 3.8) is 0 Å². The molecule has 3 heteroatoms. The molecule has 0 heterocycles. The quantitative estimate of drug-likeness (QED) is 0.0683. The van der Waals surface area contributed by atoms with E-state index < -0.39 is 5.79 Å². The van der Waals surface area contributed by atoms with Crippen molar-refractivity contribution >= 4 is 5.78 Å². The Morgan fingerprint density at radius 3 is 1.41 bits per heavy atom. The molecule has 2 unspecified atom stereocenters. The summed E-state index contributed by atoms with van der Waals surface area (Å²) in [5.74, 6) is -0.849. The smallest absolute Gasteiger partial charge is 0.261 e. The highest BCUT2D eigenvalue weighted by atomic mass is 16.7. The molecule has 2 atom stereocenters. The SMILES string of the molecule is CCCCCCCCCC(C)COC(OCC(C)CCCCCCCCC)(C(=O)c1ccccc1)c1ccccc1. The molecule has 0 radical (unpaired) electrons. The van der Waals surface area contributed by atoms with Gasteiger partial charge in [-0.1, -0.05) is 178 Å². The van der Waals surface area contributed by atoms with E-state index in [1.807, 2.05) is 60.7 Å². The van der Waals surface area contributed by atoms with Gasteiger partial charge in [0, 0.05) is 11.1 Å². The number of Topliss-reactive ketones (excluding diaryl/α,β-unsaturated/α-hetero) is 1. The zero-order chi connectivity index (χ0) is 29.6. The Morgan fingerprint density at radius 2 is 0.976 bits per heavy atom. The molecule has 0 aromatic heterocycles. The highest BCUT2D eigenvalue weighted by Gasteiger charge is 2.44. The van der Waals surface area contributed by atoms with Crippen LogP contribution < -0.4 is 0 Å². The number of ether oxygens (including phenoxy) is 2. The normalized spacial score (nSPS) is 14.4. The predicted octanol–water partition coefficient (Wildman–Crippen LogP) is 11.3. The van der Waals surface area contributed by atoms with Crippen LogP contribution in [-0.4, -0.2) is 19.0 Å². The van der Waals surface area contributed by atoms with Crippen LogP contribution in [0.15, 0.2) is 60.7 Å². The van der Waals surface area contributed by atoms with Crippen LogP contribution in [0.4, 0.5) is 0 Å². The molecule has 3 nitrogen and oxygen atoms in total. The average Bonchev–Trinajstić information content (AvgIpc) is 3.01. The summed E-state index contributed by atoms with van der Waals surface area (Å²) < 4.78 is 13.3. The van der Waals surface area contributed by atoms with E-state index in [1.165, 1.54) is 89.9 Å². The van der Waals surface area contributed by atoms with E-state index in [1.54, 1.807) is 0 Å². The molecule has 0 saturated heterocycles. The molecule has 230 valence electrons. The van der Waals surface area contributed by atoms with Gasteiger partial charge in [-0.15, -0.1) is 0 Å². The molecular weight excluding hydrogens is 504 g/mol. The third-order valence-electron chi connectivity index (χ3n) is 8.23. The molecule has 2 rings (SSSR count). The van der Waals surface area contributed by atoms with E-state index in [-0.39, 0.29) is 5.78 Å². The number of hydrogen-bond donors (Lipinski definition) is 0. The van der Waals surface area contributed by atoms with Gasteiger partial charge in [0.25, 0.3) is 5.79 Å². The summed E-state index contributed by atoms with van der Waals surface area (Å²) in [7, 11) is 0. The average molecular weight is 565 g/mol. The number of ketones is 1. The van der Waals surface area contributed by atoms with Crippen LogP contribution in [-0.2, 0) is 15.3 Å². The Bertz CT molecular complexity index is 866. The lowest BCUT2D eigenvalue weighted by Gasteiger charge is -2.35. The van der Waals surface area contributed by atoms with Gasteiger partial charge in [-0.2, -0.15) is 0 Å². The van der Waals surface area contributed by atoms with E-state index in [0.717, 1.165) is 18.4 Å². The zero-order valence-electron chi connectivity index (χ0n) is 26.9. The second kappa shape index (κ2) is 21.7. The molecule has 0 aliphatic heterocycles. The van der Waals surface area contributed by atoms with Crippen LogP contribution in [0.1, 0.15) is 146 Å². The molecule has 0 aliphatic carbocycles. The Kier molecular flexibility index (Phi) is 18.6. The second-order valence-corrected chi connectivity index (χ2v) is 12.3. The van der Waals surface area contributed by atoms with Crippen LogP contribution >= 0.6 is 0 Å². The Hall–Kier alpha value is -1.97. The van der Waals surface area contributed by atoms with Gasteiger partial charge in [0.1, 0.15) is 0 Å². The lowest BCUT2D eigenvalue weighted by molar-refractivity contribution is -0.220. The third kappa shape index (κ3) is 13.7. The molecular formula is C38H60O3. The van der Waals surface area contributed by atoms with Crippen LogP contribution in [0.2, 0.25) is 0 Å². The number of carbonyl (C=O) groups excluding carboxylic acids is 1. The molecule has 2 aromatic rings. The maximum atomic E-state index is 14.2. The molecule has 0 bridgehead atoms. The number of rotatable bonds is 25. The summed E-state index contributed by atoms with van der Waals surface area (Å²) >= 11 is 0. The number of hydrogen-bond acceptors (Lipinski definition) is 3. The van der Waals surface area contributed by atoms with E-state index in [2.05, 4.69) is 27.7 Å². The third-order valence-corrected chi connectivity index (χ3v) is 8.23. The van der Waals surface area contributed by atoms with Gasteiger partial charge < -0.3 is 9.47 Å². The van der Waals surface area contributed by atoms with Crippen molar-refractivity contribution < 1.29 is 14.3 Å². The number of unbranched alkanes of at least 4 members (excludes halogenated alkanes) is 12. The fraction of sp³-hybridized carbons (Fsp3) is 0.658. The summed E-state index contributed by atoms with van der Waals surface area (Å²) in [6.45, 7) is 10.00. The first-order valence-electron chi connectivity index (χ1n) is 17.0. The molecule has 2 aromatic carbocycles. The van der Waals surface area contributed by atoms with Crippen molar-refractivity contribution in [1.29, 1.82) is 0 Å². The van der Waals surface area contributed by atoms with Crippen molar-refractivity contribution in [1.82, 2.24) is 0 Å². The van der Waals surface area contributed by atoms with Crippen LogP contribution in [0.25, 0.3) is 0 Å².